The molecule has 0 saturated carbocycles. The van der Waals surface area contributed by atoms with Crippen LogP contribution in [0.1, 0.15) is 67.7 Å². The number of benzene rings is 1. The number of ether oxygens (including phenoxy) is 2. The molecule has 1 unspecified atom stereocenters. The normalized spacial score (nSPS) is 15.5. The summed E-state index contributed by atoms with van der Waals surface area (Å²) in [6.45, 7) is 14.3. The highest BCUT2D eigenvalue weighted by atomic mass is 16.5. The second-order valence-corrected chi connectivity index (χ2v) is 10.2. The molecule has 1 aliphatic heterocycles. The van der Waals surface area contributed by atoms with Crippen molar-refractivity contribution in [2.75, 3.05) is 18.5 Å². The summed E-state index contributed by atoms with van der Waals surface area (Å²) in [4.78, 5) is 29.9. The summed E-state index contributed by atoms with van der Waals surface area (Å²) >= 11 is 0. The number of pyridine rings is 1. The van der Waals surface area contributed by atoms with Gasteiger partial charge in [0.25, 0.3) is 0 Å². The number of hydrogen-bond donors (Lipinski definition) is 3. The predicted octanol–water partition coefficient (Wildman–Crippen LogP) is 5.22. The Hall–Kier alpha value is -2.97. The number of anilines is 1. The molecule has 3 rings (SSSR count). The van der Waals surface area contributed by atoms with Gasteiger partial charge in [-0.3, -0.25) is 5.32 Å². The molecule has 1 aromatic heterocycles. The van der Waals surface area contributed by atoms with Gasteiger partial charge in [-0.05, 0) is 83.6 Å². The van der Waals surface area contributed by atoms with Crippen LogP contribution < -0.4 is 10.6 Å². The third kappa shape index (κ3) is 6.58. The number of rotatable bonds is 6. The number of hydrogen-bond acceptors (Lipinski definition) is 5. The van der Waals surface area contributed by atoms with E-state index in [0.29, 0.717) is 41.4 Å². The first-order chi connectivity index (χ1) is 16.4. The van der Waals surface area contributed by atoms with Gasteiger partial charge in [-0.15, -0.1) is 0 Å². The van der Waals surface area contributed by atoms with Gasteiger partial charge >= 0.3 is 12.0 Å². The maximum atomic E-state index is 12.8. The summed E-state index contributed by atoms with van der Waals surface area (Å²) in [7, 11) is 0. The van der Waals surface area contributed by atoms with Crippen molar-refractivity contribution in [3.8, 4) is 11.1 Å². The Bertz CT molecular complexity index is 1100. The van der Waals surface area contributed by atoms with Crippen LogP contribution in [0.4, 0.5) is 10.6 Å². The van der Waals surface area contributed by atoms with E-state index < -0.39 is 17.7 Å². The fraction of sp³-hybridized carbons (Fsp3) is 0.519. The van der Waals surface area contributed by atoms with Crippen molar-refractivity contribution in [1.29, 1.82) is 0 Å². The molecule has 0 spiro atoms. The highest BCUT2D eigenvalue weighted by Gasteiger charge is 2.33. The number of nitrogens with zero attached hydrogens (tertiary/aromatic N) is 1. The lowest BCUT2D eigenvalue weighted by atomic mass is 9.89. The first kappa shape index (κ1) is 26.6. The average molecular weight is 484 g/mol. The monoisotopic (exact) mass is 483 g/mol. The number of carbonyl (C=O) groups is 2. The number of amides is 2. The van der Waals surface area contributed by atoms with Crippen LogP contribution in [0.3, 0.4) is 0 Å². The number of aliphatic carboxylic acids is 1. The number of carboxylic acid groups (broad SMARTS) is 1. The van der Waals surface area contributed by atoms with Crippen molar-refractivity contribution in [3.63, 3.8) is 0 Å². The Balaban J connectivity index is 2.11. The number of urea groups is 1. The van der Waals surface area contributed by atoms with Crippen LogP contribution in [0.5, 0.6) is 0 Å². The van der Waals surface area contributed by atoms with E-state index in [1.54, 1.807) is 6.92 Å². The summed E-state index contributed by atoms with van der Waals surface area (Å²) in [5.41, 5.74) is 4.75. The van der Waals surface area contributed by atoms with Crippen molar-refractivity contribution < 1.29 is 24.2 Å². The Kier molecular flexibility index (Phi) is 8.18. The van der Waals surface area contributed by atoms with E-state index in [4.69, 9.17) is 9.47 Å². The number of carboxylic acids is 1. The molecule has 2 aromatic rings. The minimum Gasteiger partial charge on any atom is -0.479 e. The first-order valence-corrected chi connectivity index (χ1v) is 12.0. The number of aryl methyl sites for hydroxylation is 3. The Labute approximate surface area is 207 Å². The van der Waals surface area contributed by atoms with Gasteiger partial charge in [0.2, 0.25) is 0 Å². The van der Waals surface area contributed by atoms with Gasteiger partial charge in [-0.1, -0.05) is 18.2 Å². The van der Waals surface area contributed by atoms with E-state index >= 15 is 0 Å². The first-order valence-electron chi connectivity index (χ1n) is 12.0. The molecule has 2 amide bonds. The minimum absolute atomic E-state index is 0.0235. The molecule has 1 atom stereocenters. The Morgan fingerprint density at radius 1 is 1.11 bits per heavy atom. The maximum absolute atomic E-state index is 12.8. The van der Waals surface area contributed by atoms with Crippen LogP contribution in [-0.4, -0.2) is 46.9 Å². The summed E-state index contributed by atoms with van der Waals surface area (Å²) in [6.07, 6.45) is 0.250. The zero-order valence-electron chi connectivity index (χ0n) is 21.7. The molecule has 0 bridgehead atoms. The molecule has 3 N–H and O–H groups in total. The van der Waals surface area contributed by atoms with E-state index in [1.807, 2.05) is 59.7 Å². The number of aromatic nitrogens is 1. The third-order valence-corrected chi connectivity index (χ3v) is 6.21. The van der Waals surface area contributed by atoms with Crippen LogP contribution in [0.2, 0.25) is 0 Å². The molecule has 0 radical (unpaired) electrons. The molecule has 1 aliphatic rings. The van der Waals surface area contributed by atoms with Crippen molar-refractivity contribution in [2.24, 2.45) is 0 Å². The number of carbonyl (C=O) groups excluding carboxylic acids is 1. The fourth-order valence-corrected chi connectivity index (χ4v) is 4.29. The molecular formula is C27H37N3O5. The zero-order chi connectivity index (χ0) is 25.9. The van der Waals surface area contributed by atoms with Crippen molar-refractivity contribution >= 4 is 17.8 Å². The zero-order valence-corrected chi connectivity index (χ0v) is 21.7. The molecule has 35 heavy (non-hydrogen) atoms. The van der Waals surface area contributed by atoms with E-state index in [9.17, 15) is 14.7 Å². The van der Waals surface area contributed by atoms with Crippen LogP contribution >= 0.6 is 0 Å². The van der Waals surface area contributed by atoms with Gasteiger partial charge in [0, 0.05) is 36.1 Å². The van der Waals surface area contributed by atoms with Crippen LogP contribution in [0.15, 0.2) is 18.2 Å². The predicted molar refractivity (Wildman–Crippen MR) is 136 cm³/mol. The molecule has 8 nitrogen and oxygen atoms in total. The second-order valence-electron chi connectivity index (χ2n) is 10.2. The van der Waals surface area contributed by atoms with E-state index in [1.165, 1.54) is 0 Å². The van der Waals surface area contributed by atoms with Gasteiger partial charge in [-0.2, -0.15) is 0 Å². The quantitative estimate of drug-likeness (QED) is 0.519. The molecule has 8 heteroatoms. The summed E-state index contributed by atoms with van der Waals surface area (Å²) in [6, 6.07) is 5.66. The molecule has 0 aliphatic carbocycles. The van der Waals surface area contributed by atoms with Crippen LogP contribution in [-0.2, 0) is 14.3 Å². The van der Waals surface area contributed by atoms with Gasteiger partial charge < -0.3 is 19.9 Å². The van der Waals surface area contributed by atoms with Gasteiger partial charge in [0.05, 0.1) is 5.60 Å². The smallest absolute Gasteiger partial charge is 0.337 e. The summed E-state index contributed by atoms with van der Waals surface area (Å²) in [5.74, 6) is -0.783. The lowest BCUT2D eigenvalue weighted by Gasteiger charge is -2.29. The molecular weight excluding hydrogens is 446 g/mol. The van der Waals surface area contributed by atoms with Crippen molar-refractivity contribution in [3.05, 3.63) is 46.1 Å². The van der Waals surface area contributed by atoms with Crippen molar-refractivity contribution in [1.82, 2.24) is 10.3 Å². The van der Waals surface area contributed by atoms with E-state index in [-0.39, 0.29) is 12.1 Å². The summed E-state index contributed by atoms with van der Waals surface area (Å²) in [5, 5.41) is 16.0. The molecule has 1 fully saturated rings. The standard InChI is InChI=1S/C27H37N3O5/c1-15-8-9-19(14-16(15)2)22-18(4)28-24(30-26(33)29-20-10-12-34-13-11-20)17(3)21(22)23(25(31)32)35-27(5,6)7/h8-9,14,20,23H,10-13H2,1-7H3,(H,31,32)(H2,28,29,30,33). The largest absolute Gasteiger partial charge is 0.479 e. The lowest BCUT2D eigenvalue weighted by molar-refractivity contribution is -0.160. The Morgan fingerprint density at radius 3 is 2.34 bits per heavy atom. The molecule has 2 heterocycles. The van der Waals surface area contributed by atoms with E-state index in [2.05, 4.69) is 15.6 Å². The third-order valence-electron chi connectivity index (χ3n) is 6.21. The Morgan fingerprint density at radius 2 is 1.77 bits per heavy atom. The minimum atomic E-state index is -1.24. The van der Waals surface area contributed by atoms with Gasteiger partial charge in [0.15, 0.2) is 6.10 Å². The van der Waals surface area contributed by atoms with E-state index in [0.717, 1.165) is 29.5 Å². The highest BCUT2D eigenvalue weighted by molar-refractivity contribution is 5.91. The summed E-state index contributed by atoms with van der Waals surface area (Å²) < 4.78 is 11.4. The van der Waals surface area contributed by atoms with Gasteiger partial charge in [-0.25, -0.2) is 14.6 Å². The molecule has 1 aromatic carbocycles. The topological polar surface area (TPSA) is 110 Å². The number of nitrogens with one attached hydrogen (secondary N) is 2. The molecule has 1 saturated heterocycles. The SMILES string of the molecule is Cc1ccc(-c2c(C)nc(NC(=O)NC3CCOCC3)c(C)c2C(OC(C)(C)C)C(=O)O)cc1C. The second kappa shape index (κ2) is 10.7. The van der Waals surface area contributed by atoms with Crippen LogP contribution in [0.25, 0.3) is 11.1 Å². The molecule has 190 valence electrons. The van der Waals surface area contributed by atoms with Crippen molar-refractivity contribution in [2.45, 2.75) is 79.1 Å². The maximum Gasteiger partial charge on any atom is 0.337 e. The van der Waals surface area contributed by atoms with Crippen LogP contribution in [0, 0.1) is 27.7 Å². The highest BCUT2D eigenvalue weighted by Crippen LogP contribution is 2.39. The fourth-order valence-electron chi connectivity index (χ4n) is 4.29. The lowest BCUT2D eigenvalue weighted by Crippen LogP contribution is -2.41. The average Bonchev–Trinajstić information content (AvgIpc) is 2.76. The van der Waals surface area contributed by atoms with Gasteiger partial charge in [0.1, 0.15) is 5.82 Å².